The van der Waals surface area contributed by atoms with Gasteiger partial charge in [0, 0.05) is 33.7 Å². The molecule has 0 radical (unpaired) electrons. The molecule has 0 saturated carbocycles. The second-order valence-electron chi connectivity index (χ2n) is 5.78. The van der Waals surface area contributed by atoms with Crippen molar-refractivity contribution >= 4 is 38.5 Å². The molecule has 2 N–H and O–H groups in total. The molecule has 2 aliphatic rings. The Hall–Kier alpha value is 0.310. The maximum absolute atomic E-state index is 6.56. The smallest absolute Gasteiger partial charge is 0.0940 e. The largest absolute Gasteiger partial charge is 0.378 e. The van der Waals surface area contributed by atoms with Crippen molar-refractivity contribution in [3.8, 4) is 0 Å². The molecule has 2 fully saturated rings. The first kappa shape index (κ1) is 15.2. The summed E-state index contributed by atoms with van der Waals surface area (Å²) >= 11 is 5.97. The summed E-state index contributed by atoms with van der Waals surface area (Å²) in [6, 6.07) is 6.42. The molecule has 5 heteroatoms. The van der Waals surface area contributed by atoms with E-state index in [2.05, 4.69) is 56.7 Å². The van der Waals surface area contributed by atoms with E-state index in [1.165, 1.54) is 9.13 Å². The Bertz CT molecular complexity index is 491. The molecule has 2 heterocycles. The Morgan fingerprint density at radius 1 is 1.40 bits per heavy atom. The monoisotopic (exact) mass is 451 g/mol. The molecule has 2 saturated heterocycles. The highest BCUT2D eigenvalue weighted by Gasteiger charge is 2.42. The molecular formula is C15H19BrINO2. The number of benzene rings is 1. The average Bonchev–Trinajstić information content (AvgIpc) is 2.88. The van der Waals surface area contributed by atoms with Crippen LogP contribution >= 0.6 is 38.5 Å². The highest BCUT2D eigenvalue weighted by molar-refractivity contribution is 14.1. The van der Waals surface area contributed by atoms with Crippen molar-refractivity contribution < 1.29 is 9.47 Å². The van der Waals surface area contributed by atoms with Crippen LogP contribution in [0.15, 0.2) is 22.7 Å². The van der Waals surface area contributed by atoms with Crippen molar-refractivity contribution in [2.24, 2.45) is 11.7 Å². The minimum Gasteiger partial charge on any atom is -0.378 e. The SMILES string of the molecule is NC(c1cc(I)ccc1Br)C1CCOC2(CCOC2)C1. The lowest BCUT2D eigenvalue weighted by Crippen LogP contribution is -2.43. The van der Waals surface area contributed by atoms with E-state index in [1.54, 1.807) is 0 Å². The lowest BCUT2D eigenvalue weighted by Gasteiger charge is -2.39. The summed E-state index contributed by atoms with van der Waals surface area (Å²) in [6.07, 6.45) is 3.04. The van der Waals surface area contributed by atoms with Crippen LogP contribution in [0.1, 0.15) is 30.9 Å². The van der Waals surface area contributed by atoms with Crippen molar-refractivity contribution in [1.82, 2.24) is 0 Å². The molecule has 0 bridgehead atoms. The van der Waals surface area contributed by atoms with Crippen molar-refractivity contribution in [3.05, 3.63) is 31.8 Å². The Morgan fingerprint density at radius 3 is 3.00 bits per heavy atom. The van der Waals surface area contributed by atoms with E-state index in [-0.39, 0.29) is 11.6 Å². The number of hydrogen-bond donors (Lipinski definition) is 1. The molecule has 20 heavy (non-hydrogen) atoms. The molecule has 1 aromatic carbocycles. The first-order chi connectivity index (χ1) is 9.60. The predicted octanol–water partition coefficient (Wildman–Crippen LogP) is 3.64. The van der Waals surface area contributed by atoms with Gasteiger partial charge in [0.05, 0.1) is 12.2 Å². The summed E-state index contributed by atoms with van der Waals surface area (Å²) in [7, 11) is 0. The number of ether oxygens (including phenoxy) is 2. The molecule has 110 valence electrons. The first-order valence-corrected chi connectivity index (χ1v) is 8.89. The van der Waals surface area contributed by atoms with E-state index in [4.69, 9.17) is 15.2 Å². The Kier molecular flexibility index (Phi) is 4.72. The Labute approximate surface area is 141 Å². The van der Waals surface area contributed by atoms with Gasteiger partial charge in [-0.15, -0.1) is 0 Å². The second kappa shape index (κ2) is 6.20. The first-order valence-electron chi connectivity index (χ1n) is 7.02. The van der Waals surface area contributed by atoms with Gasteiger partial charge in [0.25, 0.3) is 0 Å². The van der Waals surface area contributed by atoms with E-state index in [9.17, 15) is 0 Å². The van der Waals surface area contributed by atoms with Crippen LogP contribution in [0.2, 0.25) is 0 Å². The molecule has 3 rings (SSSR count). The predicted molar refractivity (Wildman–Crippen MR) is 90.6 cm³/mol. The highest BCUT2D eigenvalue weighted by atomic mass is 127. The zero-order valence-electron chi connectivity index (χ0n) is 11.3. The molecule has 3 nitrogen and oxygen atoms in total. The van der Waals surface area contributed by atoms with Crippen molar-refractivity contribution in [1.29, 1.82) is 0 Å². The molecule has 0 amide bonds. The van der Waals surface area contributed by atoms with Crippen LogP contribution in [-0.2, 0) is 9.47 Å². The summed E-state index contributed by atoms with van der Waals surface area (Å²) < 4.78 is 13.9. The number of nitrogens with two attached hydrogens (primary N) is 1. The average molecular weight is 452 g/mol. The van der Waals surface area contributed by atoms with E-state index < -0.39 is 0 Å². The van der Waals surface area contributed by atoms with Gasteiger partial charge in [0.1, 0.15) is 0 Å². The number of hydrogen-bond acceptors (Lipinski definition) is 3. The van der Waals surface area contributed by atoms with Gasteiger partial charge in [0.15, 0.2) is 0 Å². The van der Waals surface area contributed by atoms with Gasteiger partial charge in [-0.25, -0.2) is 0 Å². The summed E-state index contributed by atoms with van der Waals surface area (Å²) in [4.78, 5) is 0. The van der Waals surface area contributed by atoms with Gasteiger partial charge in [-0.3, -0.25) is 0 Å². The van der Waals surface area contributed by atoms with Crippen LogP contribution in [0, 0.1) is 9.49 Å². The third-order valence-corrected chi connectivity index (χ3v) is 5.82. The lowest BCUT2D eigenvalue weighted by atomic mass is 9.79. The van der Waals surface area contributed by atoms with Crippen LogP contribution in [0.25, 0.3) is 0 Å². The van der Waals surface area contributed by atoms with Gasteiger partial charge >= 0.3 is 0 Å². The summed E-state index contributed by atoms with van der Waals surface area (Å²) in [5.74, 6) is 0.458. The Morgan fingerprint density at radius 2 is 2.25 bits per heavy atom. The molecule has 1 aromatic rings. The minimum atomic E-state index is -0.0745. The van der Waals surface area contributed by atoms with Crippen LogP contribution in [-0.4, -0.2) is 25.4 Å². The van der Waals surface area contributed by atoms with Gasteiger partial charge in [-0.2, -0.15) is 0 Å². The van der Waals surface area contributed by atoms with Crippen LogP contribution in [0.4, 0.5) is 0 Å². The van der Waals surface area contributed by atoms with Crippen molar-refractivity contribution in [3.63, 3.8) is 0 Å². The third-order valence-electron chi connectivity index (χ3n) is 4.42. The molecule has 1 spiro atoms. The quantitative estimate of drug-likeness (QED) is 0.698. The lowest BCUT2D eigenvalue weighted by molar-refractivity contribution is -0.101. The molecule has 3 atom stereocenters. The normalized spacial score (nSPS) is 31.6. The number of halogens is 2. The van der Waals surface area contributed by atoms with Gasteiger partial charge in [-0.05, 0) is 65.1 Å². The van der Waals surface area contributed by atoms with E-state index in [0.29, 0.717) is 5.92 Å². The van der Waals surface area contributed by atoms with Gasteiger partial charge < -0.3 is 15.2 Å². The fourth-order valence-corrected chi connectivity index (χ4v) is 4.29. The van der Waals surface area contributed by atoms with Crippen LogP contribution < -0.4 is 5.73 Å². The summed E-state index contributed by atoms with van der Waals surface area (Å²) in [5, 5.41) is 0. The fraction of sp³-hybridized carbons (Fsp3) is 0.600. The van der Waals surface area contributed by atoms with E-state index >= 15 is 0 Å². The molecule has 0 aromatic heterocycles. The molecule has 2 aliphatic heterocycles. The zero-order chi connectivity index (χ0) is 14.2. The standard InChI is InChI=1S/C15H19BrINO2/c16-13-2-1-11(17)7-12(13)14(18)10-3-5-20-15(8-10)4-6-19-9-15/h1-2,7,10,14H,3-6,8-9,18H2. The number of rotatable bonds is 2. The van der Waals surface area contributed by atoms with E-state index in [0.717, 1.165) is 43.6 Å². The topological polar surface area (TPSA) is 44.5 Å². The van der Waals surface area contributed by atoms with Crippen molar-refractivity contribution in [2.45, 2.75) is 30.9 Å². The maximum atomic E-state index is 6.56. The highest BCUT2D eigenvalue weighted by Crippen LogP contribution is 2.41. The summed E-state index contributed by atoms with van der Waals surface area (Å²) in [5.41, 5.74) is 7.69. The molecule has 3 unspecified atom stereocenters. The zero-order valence-corrected chi connectivity index (χ0v) is 15.0. The third kappa shape index (κ3) is 3.06. The minimum absolute atomic E-state index is 0.0560. The second-order valence-corrected chi connectivity index (χ2v) is 7.88. The van der Waals surface area contributed by atoms with Crippen molar-refractivity contribution in [2.75, 3.05) is 19.8 Å². The molecule has 0 aliphatic carbocycles. The molecular weight excluding hydrogens is 433 g/mol. The van der Waals surface area contributed by atoms with E-state index in [1.807, 2.05) is 0 Å². The van der Waals surface area contributed by atoms with Crippen LogP contribution in [0.5, 0.6) is 0 Å². The summed E-state index contributed by atoms with van der Waals surface area (Å²) in [6.45, 7) is 2.34. The Balaban J connectivity index is 1.79. The van der Waals surface area contributed by atoms with Crippen LogP contribution in [0.3, 0.4) is 0 Å². The van der Waals surface area contributed by atoms with Gasteiger partial charge in [-0.1, -0.05) is 15.9 Å². The van der Waals surface area contributed by atoms with Gasteiger partial charge in [0.2, 0.25) is 0 Å². The maximum Gasteiger partial charge on any atom is 0.0940 e. The fourth-order valence-electron chi connectivity index (χ4n) is 3.26.